The number of hydrogen-bond donors (Lipinski definition) is 2. The van der Waals surface area contributed by atoms with Crippen molar-refractivity contribution >= 4 is 33.3 Å². The van der Waals surface area contributed by atoms with E-state index >= 15 is 0 Å². The lowest BCUT2D eigenvalue weighted by atomic mass is 10.1. The molecule has 1 atom stereocenters. The number of amides is 1. The van der Waals surface area contributed by atoms with Crippen LogP contribution in [0.2, 0.25) is 0 Å². The predicted octanol–water partition coefficient (Wildman–Crippen LogP) is 3.33. The first-order valence-electron chi connectivity index (χ1n) is 6.66. The fourth-order valence-electron chi connectivity index (χ4n) is 2.18. The molecule has 6 heteroatoms. The van der Waals surface area contributed by atoms with Gasteiger partial charge in [-0.15, -0.1) is 11.3 Å². The number of benzene rings is 1. The number of halogens is 1. The van der Waals surface area contributed by atoms with E-state index in [4.69, 9.17) is 5.11 Å². The summed E-state index contributed by atoms with van der Waals surface area (Å²) < 4.78 is 14.1. The minimum Gasteiger partial charge on any atom is -0.480 e. The number of rotatable bonds is 5. The van der Waals surface area contributed by atoms with Crippen LogP contribution in [0, 0.1) is 12.7 Å². The van der Waals surface area contributed by atoms with Gasteiger partial charge in [0.2, 0.25) is 0 Å². The van der Waals surface area contributed by atoms with Crippen LogP contribution in [0.4, 0.5) is 4.39 Å². The van der Waals surface area contributed by atoms with Gasteiger partial charge in [0.25, 0.3) is 5.91 Å². The van der Waals surface area contributed by atoms with Crippen molar-refractivity contribution in [1.82, 2.24) is 5.32 Å². The van der Waals surface area contributed by atoms with E-state index in [0.717, 1.165) is 4.70 Å². The Morgan fingerprint density at radius 1 is 1.43 bits per heavy atom. The lowest BCUT2D eigenvalue weighted by Gasteiger charge is -2.13. The van der Waals surface area contributed by atoms with Gasteiger partial charge in [0.05, 0.1) is 4.88 Å². The summed E-state index contributed by atoms with van der Waals surface area (Å²) in [5.41, 5.74) is 0.674. The third-order valence-corrected chi connectivity index (χ3v) is 4.56. The molecule has 2 rings (SSSR count). The molecular weight excluding hydrogens is 293 g/mol. The summed E-state index contributed by atoms with van der Waals surface area (Å²) in [6, 6.07) is 3.46. The van der Waals surface area contributed by atoms with Crippen LogP contribution in [0.5, 0.6) is 0 Å². The highest BCUT2D eigenvalue weighted by atomic mass is 32.1. The van der Waals surface area contributed by atoms with E-state index in [0.29, 0.717) is 28.7 Å². The summed E-state index contributed by atoms with van der Waals surface area (Å²) in [6.45, 7) is 3.60. The zero-order valence-corrected chi connectivity index (χ0v) is 12.6. The van der Waals surface area contributed by atoms with Crippen LogP contribution in [0.3, 0.4) is 0 Å². The minimum absolute atomic E-state index is 0.357. The van der Waals surface area contributed by atoms with Crippen molar-refractivity contribution in [2.45, 2.75) is 32.7 Å². The Bertz CT molecular complexity index is 696. The number of carbonyl (C=O) groups is 2. The summed E-state index contributed by atoms with van der Waals surface area (Å²) in [7, 11) is 0. The summed E-state index contributed by atoms with van der Waals surface area (Å²) in [5.74, 6) is -1.82. The Morgan fingerprint density at radius 3 is 2.76 bits per heavy atom. The van der Waals surface area contributed by atoms with Gasteiger partial charge in [-0.1, -0.05) is 13.3 Å². The zero-order chi connectivity index (χ0) is 15.6. The highest BCUT2D eigenvalue weighted by Gasteiger charge is 2.22. The monoisotopic (exact) mass is 309 g/mol. The van der Waals surface area contributed by atoms with Crippen LogP contribution < -0.4 is 5.32 Å². The largest absolute Gasteiger partial charge is 0.480 e. The average molecular weight is 309 g/mol. The van der Waals surface area contributed by atoms with Gasteiger partial charge < -0.3 is 10.4 Å². The second kappa shape index (κ2) is 6.22. The maximum Gasteiger partial charge on any atom is 0.326 e. The van der Waals surface area contributed by atoms with Crippen molar-refractivity contribution in [3.8, 4) is 0 Å². The molecule has 1 amide bonds. The Hall–Kier alpha value is -1.95. The second-order valence-electron chi connectivity index (χ2n) is 4.85. The number of carbonyl (C=O) groups excluding carboxylic acids is 1. The van der Waals surface area contributed by atoms with Gasteiger partial charge in [0, 0.05) is 4.70 Å². The average Bonchev–Trinajstić information content (AvgIpc) is 2.75. The van der Waals surface area contributed by atoms with E-state index < -0.39 is 17.9 Å². The maximum atomic E-state index is 13.3. The second-order valence-corrected chi connectivity index (χ2v) is 5.90. The van der Waals surface area contributed by atoms with Crippen molar-refractivity contribution in [3.63, 3.8) is 0 Å². The molecule has 1 unspecified atom stereocenters. The molecule has 112 valence electrons. The number of carboxylic acids is 1. The molecule has 0 saturated heterocycles. The summed E-state index contributed by atoms with van der Waals surface area (Å²) >= 11 is 1.24. The summed E-state index contributed by atoms with van der Waals surface area (Å²) in [6.07, 6.45) is 1.04. The van der Waals surface area contributed by atoms with Gasteiger partial charge in [-0.05, 0) is 42.5 Å². The Kier molecular flexibility index (Phi) is 4.57. The molecule has 2 aromatic rings. The fourth-order valence-corrected chi connectivity index (χ4v) is 3.27. The predicted molar refractivity (Wildman–Crippen MR) is 80.3 cm³/mol. The van der Waals surface area contributed by atoms with E-state index in [9.17, 15) is 14.0 Å². The van der Waals surface area contributed by atoms with Crippen molar-refractivity contribution in [3.05, 3.63) is 34.5 Å². The Balaban J connectivity index is 2.31. The van der Waals surface area contributed by atoms with Gasteiger partial charge in [-0.25, -0.2) is 9.18 Å². The fraction of sp³-hybridized carbons (Fsp3) is 0.333. The molecular formula is C15H16FNO3S. The molecule has 1 heterocycles. The molecule has 1 aromatic carbocycles. The number of aryl methyl sites for hydroxylation is 1. The van der Waals surface area contributed by atoms with Gasteiger partial charge in [0.15, 0.2) is 0 Å². The number of thiophene rings is 1. The number of fused-ring (bicyclic) bond motifs is 1. The first-order valence-corrected chi connectivity index (χ1v) is 7.48. The normalized spacial score (nSPS) is 12.3. The molecule has 2 N–H and O–H groups in total. The summed E-state index contributed by atoms with van der Waals surface area (Å²) in [4.78, 5) is 23.8. The molecule has 0 aliphatic carbocycles. The number of carboxylic acid groups (broad SMARTS) is 1. The summed E-state index contributed by atoms with van der Waals surface area (Å²) in [5, 5.41) is 12.3. The minimum atomic E-state index is -1.05. The van der Waals surface area contributed by atoms with E-state index in [1.165, 1.54) is 23.5 Å². The number of aliphatic carboxylic acids is 1. The molecule has 0 radical (unpaired) electrons. The SMILES string of the molecule is CCCC(NC(=O)c1sc2ccc(F)cc2c1C)C(=O)O. The molecule has 0 spiro atoms. The number of nitrogens with one attached hydrogen (secondary N) is 1. The van der Waals surface area contributed by atoms with Crippen LogP contribution in [-0.2, 0) is 4.79 Å². The Labute approximate surface area is 125 Å². The van der Waals surface area contributed by atoms with Crippen LogP contribution in [0.15, 0.2) is 18.2 Å². The number of hydrogen-bond acceptors (Lipinski definition) is 3. The highest BCUT2D eigenvalue weighted by Crippen LogP contribution is 2.31. The van der Waals surface area contributed by atoms with E-state index in [1.807, 2.05) is 6.92 Å². The van der Waals surface area contributed by atoms with Gasteiger partial charge in [0.1, 0.15) is 11.9 Å². The van der Waals surface area contributed by atoms with Crippen molar-refractivity contribution in [2.75, 3.05) is 0 Å². The molecule has 0 aliphatic rings. The zero-order valence-electron chi connectivity index (χ0n) is 11.8. The topological polar surface area (TPSA) is 66.4 Å². The smallest absolute Gasteiger partial charge is 0.326 e. The molecule has 0 saturated carbocycles. The van der Waals surface area contributed by atoms with Gasteiger partial charge in [-0.3, -0.25) is 4.79 Å². The maximum absolute atomic E-state index is 13.3. The highest BCUT2D eigenvalue weighted by molar-refractivity contribution is 7.21. The van der Waals surface area contributed by atoms with Crippen LogP contribution in [0.1, 0.15) is 35.0 Å². The van der Waals surface area contributed by atoms with Crippen molar-refractivity contribution in [1.29, 1.82) is 0 Å². The van der Waals surface area contributed by atoms with Crippen LogP contribution >= 0.6 is 11.3 Å². The molecule has 0 aliphatic heterocycles. The molecule has 21 heavy (non-hydrogen) atoms. The van der Waals surface area contributed by atoms with Crippen molar-refractivity contribution < 1.29 is 19.1 Å². The third-order valence-electron chi connectivity index (χ3n) is 3.29. The van der Waals surface area contributed by atoms with Crippen LogP contribution in [-0.4, -0.2) is 23.0 Å². The standard InChI is InChI=1S/C15H16FNO3S/c1-3-4-11(15(19)20)17-14(18)13-8(2)10-7-9(16)5-6-12(10)21-13/h5-7,11H,3-4H2,1-2H3,(H,17,18)(H,19,20). The lowest BCUT2D eigenvalue weighted by molar-refractivity contribution is -0.139. The quantitative estimate of drug-likeness (QED) is 0.890. The molecule has 0 fully saturated rings. The first-order chi connectivity index (χ1) is 9.93. The van der Waals surface area contributed by atoms with Crippen LogP contribution in [0.25, 0.3) is 10.1 Å². The van der Waals surface area contributed by atoms with E-state index in [2.05, 4.69) is 5.32 Å². The van der Waals surface area contributed by atoms with E-state index in [1.54, 1.807) is 13.0 Å². The molecule has 4 nitrogen and oxygen atoms in total. The Morgan fingerprint density at radius 2 is 2.14 bits per heavy atom. The van der Waals surface area contributed by atoms with E-state index in [-0.39, 0.29) is 5.82 Å². The third kappa shape index (κ3) is 3.21. The van der Waals surface area contributed by atoms with Gasteiger partial charge in [-0.2, -0.15) is 0 Å². The lowest BCUT2D eigenvalue weighted by Crippen LogP contribution is -2.40. The van der Waals surface area contributed by atoms with Crippen molar-refractivity contribution in [2.24, 2.45) is 0 Å². The molecule has 0 bridgehead atoms. The van der Waals surface area contributed by atoms with Gasteiger partial charge >= 0.3 is 5.97 Å². The first kappa shape index (κ1) is 15.4. The molecule has 1 aromatic heterocycles.